The number of hydrogen-bond donors (Lipinski definition) is 1. The van der Waals surface area contributed by atoms with Gasteiger partial charge in [-0.3, -0.25) is 4.79 Å². The van der Waals surface area contributed by atoms with E-state index in [4.69, 9.17) is 4.42 Å². The molecule has 0 atom stereocenters. The summed E-state index contributed by atoms with van der Waals surface area (Å²) in [5, 5.41) is 2.91. The van der Waals surface area contributed by atoms with Gasteiger partial charge in [0, 0.05) is 43.9 Å². The lowest BCUT2D eigenvalue weighted by atomic mass is 10.2. The number of benzene rings is 1. The Kier molecular flexibility index (Phi) is 5.40. The molecule has 0 aliphatic rings. The van der Waals surface area contributed by atoms with Crippen molar-refractivity contribution in [2.24, 2.45) is 0 Å². The smallest absolute Gasteiger partial charge is 0.220 e. The molecular weight excluding hydrogens is 304 g/mol. The Balaban J connectivity index is 1.38. The van der Waals surface area contributed by atoms with E-state index in [0.29, 0.717) is 25.3 Å². The molecule has 3 rings (SSSR count). The molecule has 0 fully saturated rings. The van der Waals surface area contributed by atoms with Crippen LogP contribution in [0.2, 0.25) is 0 Å². The average molecular weight is 324 g/mol. The molecule has 0 unspecified atom stereocenters. The molecule has 0 bridgehead atoms. The molecule has 0 aliphatic carbocycles. The highest BCUT2D eigenvalue weighted by Crippen LogP contribution is 2.20. The maximum Gasteiger partial charge on any atom is 0.220 e. The van der Waals surface area contributed by atoms with E-state index in [1.165, 1.54) is 0 Å². The lowest BCUT2D eigenvalue weighted by Gasteiger charge is -2.05. The Labute approximate surface area is 140 Å². The minimum Gasteiger partial charge on any atom is -0.441 e. The molecule has 24 heavy (non-hydrogen) atoms. The first-order valence-corrected chi connectivity index (χ1v) is 8.04. The highest BCUT2D eigenvalue weighted by Gasteiger charge is 2.08. The molecule has 6 heteroatoms. The quantitative estimate of drug-likeness (QED) is 0.647. The first-order valence-electron chi connectivity index (χ1n) is 8.04. The summed E-state index contributed by atoms with van der Waals surface area (Å²) in [7, 11) is 0. The number of amides is 1. The van der Waals surface area contributed by atoms with Crippen LogP contribution in [0.25, 0.3) is 11.3 Å². The normalized spacial score (nSPS) is 10.7. The van der Waals surface area contributed by atoms with Gasteiger partial charge in [0.15, 0.2) is 11.7 Å². The first kappa shape index (κ1) is 16.0. The number of hydrogen-bond acceptors (Lipinski definition) is 4. The van der Waals surface area contributed by atoms with Crippen molar-refractivity contribution in [3.05, 3.63) is 61.1 Å². The van der Waals surface area contributed by atoms with E-state index in [0.717, 1.165) is 24.3 Å². The minimum atomic E-state index is 0.0140. The summed E-state index contributed by atoms with van der Waals surface area (Å²) >= 11 is 0. The van der Waals surface area contributed by atoms with Crippen LogP contribution >= 0.6 is 0 Å². The van der Waals surface area contributed by atoms with Gasteiger partial charge in [0.25, 0.3) is 0 Å². The predicted octanol–water partition coefficient (Wildman–Crippen LogP) is 2.68. The standard InChI is InChI=1S/C18H20N4O2/c23-17(20-9-4-11-22-12-10-19-14-22)7-8-18-21-13-16(24-18)15-5-2-1-3-6-15/h1-3,5-6,10,12-14H,4,7-9,11H2,(H,20,23). The summed E-state index contributed by atoms with van der Waals surface area (Å²) < 4.78 is 7.68. The van der Waals surface area contributed by atoms with Crippen molar-refractivity contribution >= 4 is 5.91 Å². The van der Waals surface area contributed by atoms with Gasteiger partial charge >= 0.3 is 0 Å². The largest absolute Gasteiger partial charge is 0.441 e. The number of imidazole rings is 1. The maximum atomic E-state index is 11.9. The highest BCUT2D eigenvalue weighted by molar-refractivity contribution is 5.75. The Morgan fingerprint density at radius 1 is 1.25 bits per heavy atom. The fourth-order valence-electron chi connectivity index (χ4n) is 2.38. The zero-order valence-electron chi connectivity index (χ0n) is 13.4. The van der Waals surface area contributed by atoms with E-state index < -0.39 is 0 Å². The van der Waals surface area contributed by atoms with E-state index in [2.05, 4.69) is 15.3 Å². The second-order valence-corrected chi connectivity index (χ2v) is 5.49. The second-order valence-electron chi connectivity index (χ2n) is 5.49. The van der Waals surface area contributed by atoms with Crippen LogP contribution in [-0.2, 0) is 17.8 Å². The minimum absolute atomic E-state index is 0.0140. The Morgan fingerprint density at radius 3 is 2.92 bits per heavy atom. The number of aromatic nitrogens is 3. The van der Waals surface area contributed by atoms with Crippen molar-refractivity contribution < 1.29 is 9.21 Å². The van der Waals surface area contributed by atoms with Crippen LogP contribution in [0, 0.1) is 0 Å². The van der Waals surface area contributed by atoms with Gasteiger partial charge < -0.3 is 14.3 Å². The van der Waals surface area contributed by atoms with Gasteiger partial charge in [0.2, 0.25) is 5.91 Å². The van der Waals surface area contributed by atoms with Crippen LogP contribution in [0.15, 0.2) is 59.7 Å². The molecule has 1 amide bonds. The topological polar surface area (TPSA) is 73.0 Å². The van der Waals surface area contributed by atoms with Gasteiger partial charge in [0.1, 0.15) is 0 Å². The molecule has 6 nitrogen and oxygen atoms in total. The molecular formula is C18H20N4O2. The number of carbonyl (C=O) groups excluding carboxylic acids is 1. The van der Waals surface area contributed by atoms with E-state index in [9.17, 15) is 4.79 Å². The zero-order chi connectivity index (χ0) is 16.6. The summed E-state index contributed by atoms with van der Waals surface area (Å²) in [5.41, 5.74) is 0.986. The molecule has 0 saturated carbocycles. The molecule has 0 spiro atoms. The zero-order valence-corrected chi connectivity index (χ0v) is 13.4. The van der Waals surface area contributed by atoms with E-state index in [1.54, 1.807) is 18.7 Å². The average Bonchev–Trinajstić information content (AvgIpc) is 3.29. The predicted molar refractivity (Wildman–Crippen MR) is 90.1 cm³/mol. The van der Waals surface area contributed by atoms with Gasteiger partial charge in [-0.05, 0) is 6.42 Å². The van der Waals surface area contributed by atoms with Crippen molar-refractivity contribution in [3.8, 4) is 11.3 Å². The molecule has 2 aromatic heterocycles. The van der Waals surface area contributed by atoms with Crippen molar-refractivity contribution in [1.82, 2.24) is 19.9 Å². The second kappa shape index (κ2) is 8.10. The Morgan fingerprint density at radius 2 is 2.12 bits per heavy atom. The summed E-state index contributed by atoms with van der Waals surface area (Å²) in [6.45, 7) is 1.50. The van der Waals surface area contributed by atoms with Crippen LogP contribution in [0.1, 0.15) is 18.7 Å². The van der Waals surface area contributed by atoms with Crippen LogP contribution < -0.4 is 5.32 Å². The fourth-order valence-corrected chi connectivity index (χ4v) is 2.38. The van der Waals surface area contributed by atoms with Crippen LogP contribution in [0.4, 0.5) is 0 Å². The number of rotatable bonds is 8. The molecule has 0 aliphatic heterocycles. The molecule has 2 heterocycles. The Hall–Kier alpha value is -2.89. The van der Waals surface area contributed by atoms with E-state index in [1.807, 2.05) is 41.1 Å². The molecule has 1 aromatic carbocycles. The van der Waals surface area contributed by atoms with Crippen molar-refractivity contribution in [3.63, 3.8) is 0 Å². The van der Waals surface area contributed by atoms with E-state index >= 15 is 0 Å². The fraction of sp³-hybridized carbons (Fsp3) is 0.278. The third-order valence-corrected chi connectivity index (χ3v) is 3.65. The Bertz CT molecular complexity index is 750. The van der Waals surface area contributed by atoms with Crippen LogP contribution in [-0.4, -0.2) is 27.0 Å². The third-order valence-electron chi connectivity index (χ3n) is 3.65. The van der Waals surface area contributed by atoms with Gasteiger partial charge in [-0.25, -0.2) is 9.97 Å². The number of nitrogens with zero attached hydrogens (tertiary/aromatic N) is 3. The summed E-state index contributed by atoms with van der Waals surface area (Å²) in [6.07, 6.45) is 8.88. The van der Waals surface area contributed by atoms with Crippen LogP contribution in [0.3, 0.4) is 0 Å². The summed E-state index contributed by atoms with van der Waals surface area (Å²) in [6, 6.07) is 9.80. The molecule has 0 saturated heterocycles. The lowest BCUT2D eigenvalue weighted by molar-refractivity contribution is -0.121. The maximum absolute atomic E-state index is 11.9. The first-order chi connectivity index (χ1) is 11.8. The highest BCUT2D eigenvalue weighted by atomic mass is 16.4. The van der Waals surface area contributed by atoms with Crippen molar-refractivity contribution in [2.75, 3.05) is 6.54 Å². The van der Waals surface area contributed by atoms with Gasteiger partial charge in [-0.1, -0.05) is 30.3 Å². The monoisotopic (exact) mass is 324 g/mol. The van der Waals surface area contributed by atoms with Crippen molar-refractivity contribution in [2.45, 2.75) is 25.8 Å². The number of oxazole rings is 1. The molecule has 1 N–H and O–H groups in total. The number of nitrogens with one attached hydrogen (secondary N) is 1. The molecule has 0 radical (unpaired) electrons. The molecule has 124 valence electrons. The SMILES string of the molecule is O=C(CCc1ncc(-c2ccccc2)o1)NCCCn1ccnc1. The third kappa shape index (κ3) is 4.55. The van der Waals surface area contributed by atoms with Gasteiger partial charge in [-0.15, -0.1) is 0 Å². The molecule has 3 aromatic rings. The lowest BCUT2D eigenvalue weighted by Crippen LogP contribution is -2.25. The van der Waals surface area contributed by atoms with Crippen molar-refractivity contribution in [1.29, 1.82) is 0 Å². The number of aryl methyl sites for hydroxylation is 2. The number of carbonyl (C=O) groups is 1. The van der Waals surface area contributed by atoms with Crippen LogP contribution in [0.5, 0.6) is 0 Å². The summed E-state index contributed by atoms with van der Waals surface area (Å²) in [4.78, 5) is 20.1. The van der Waals surface area contributed by atoms with Gasteiger partial charge in [0.05, 0.1) is 12.5 Å². The van der Waals surface area contributed by atoms with Gasteiger partial charge in [-0.2, -0.15) is 0 Å². The van der Waals surface area contributed by atoms with E-state index in [-0.39, 0.29) is 5.91 Å². The summed E-state index contributed by atoms with van der Waals surface area (Å²) in [5.74, 6) is 1.33.